The summed E-state index contributed by atoms with van der Waals surface area (Å²) in [6.45, 7) is 18.4. The zero-order valence-electron chi connectivity index (χ0n) is 22.2. The van der Waals surface area contributed by atoms with Gasteiger partial charge in [0.05, 0.1) is 0 Å². The molecule has 0 N–H and O–H groups in total. The number of halogens is 1. The van der Waals surface area contributed by atoms with Crippen molar-refractivity contribution in [3.05, 3.63) is 78.9 Å². The molecular formula is C30H41BFP2-. The highest BCUT2D eigenvalue weighted by Crippen LogP contribution is 2.46. The molecule has 0 aliphatic rings. The zero-order chi connectivity index (χ0) is 25.0. The van der Waals surface area contributed by atoms with Gasteiger partial charge in [0.15, 0.2) is 0 Å². The molecule has 0 amide bonds. The Hall–Kier alpha value is -1.49. The molecule has 0 fully saturated rings. The second kappa shape index (κ2) is 11.5. The fourth-order valence-corrected chi connectivity index (χ4v) is 11.9. The second-order valence-corrected chi connectivity index (χ2v) is 17.2. The van der Waals surface area contributed by atoms with Gasteiger partial charge in [-0.1, -0.05) is 161 Å². The Bertz CT molecular complexity index is 983. The van der Waals surface area contributed by atoms with E-state index in [0.29, 0.717) is 22.6 Å². The fraction of sp³-hybridized carbons (Fsp3) is 0.400. The molecule has 3 aromatic carbocycles. The Morgan fingerprint density at radius 3 is 1.18 bits per heavy atom. The maximum Gasteiger partial charge on any atom is 0.235 e. The van der Waals surface area contributed by atoms with E-state index >= 15 is 4.32 Å². The lowest BCUT2D eigenvalue weighted by molar-refractivity contribution is 0.843. The van der Waals surface area contributed by atoms with Gasteiger partial charge >= 0.3 is 0 Å². The third kappa shape index (κ3) is 5.35. The highest BCUT2D eigenvalue weighted by Gasteiger charge is 2.37. The van der Waals surface area contributed by atoms with Gasteiger partial charge < -0.3 is 4.32 Å². The van der Waals surface area contributed by atoms with Crippen LogP contribution in [0.5, 0.6) is 0 Å². The Morgan fingerprint density at radius 2 is 0.824 bits per heavy atom. The van der Waals surface area contributed by atoms with Gasteiger partial charge in [-0.25, -0.2) is 0 Å². The van der Waals surface area contributed by atoms with Crippen LogP contribution in [0.4, 0.5) is 4.32 Å². The van der Waals surface area contributed by atoms with Crippen molar-refractivity contribution in [2.24, 2.45) is 0 Å². The van der Waals surface area contributed by atoms with Crippen LogP contribution in [0, 0.1) is 0 Å². The Kier molecular flexibility index (Phi) is 9.17. The first-order valence-corrected chi connectivity index (χ1v) is 15.7. The highest BCUT2D eigenvalue weighted by atomic mass is 31.1. The van der Waals surface area contributed by atoms with Crippen molar-refractivity contribution in [1.82, 2.24) is 0 Å². The van der Waals surface area contributed by atoms with Crippen molar-refractivity contribution in [2.75, 3.05) is 0 Å². The van der Waals surface area contributed by atoms with E-state index in [1.165, 1.54) is 10.6 Å². The van der Waals surface area contributed by atoms with Crippen LogP contribution in [-0.4, -0.2) is 29.1 Å². The lowest BCUT2D eigenvalue weighted by Crippen LogP contribution is -2.70. The standard InChI is InChI=1S/C30H41BFP2/c1-22(2)33(23(3)4)29-20-14-12-18-27(29)31(32,26-16-10-9-11-17-26)28-19-13-15-21-30(28)34(24(5)6)25(7)8/h9-25H,1-8H3/q-1. The SMILES string of the molecule is CC(C)P(c1ccccc1[B-](F)(c1ccccc1)c1ccccc1P(C(C)C)C(C)C)C(C)C. The average molecular weight is 493 g/mol. The number of hydrogen-bond donors (Lipinski definition) is 0. The monoisotopic (exact) mass is 493 g/mol. The van der Waals surface area contributed by atoms with Gasteiger partial charge in [0, 0.05) is 0 Å². The Morgan fingerprint density at radius 1 is 0.500 bits per heavy atom. The minimum Gasteiger partial charge on any atom is -0.498 e. The summed E-state index contributed by atoms with van der Waals surface area (Å²) in [5.74, 6) is 0. The summed E-state index contributed by atoms with van der Waals surface area (Å²) >= 11 is 0. The molecule has 0 aliphatic carbocycles. The van der Waals surface area contributed by atoms with Crippen LogP contribution in [0.25, 0.3) is 0 Å². The minimum atomic E-state index is -2.62. The summed E-state index contributed by atoms with van der Waals surface area (Å²) in [7, 11) is -1.02. The van der Waals surface area contributed by atoms with Crippen LogP contribution in [-0.2, 0) is 0 Å². The Labute approximate surface area is 210 Å². The van der Waals surface area contributed by atoms with E-state index in [9.17, 15) is 0 Å². The maximum atomic E-state index is 18.4. The zero-order valence-corrected chi connectivity index (χ0v) is 24.0. The average Bonchev–Trinajstić information content (AvgIpc) is 2.79. The van der Waals surface area contributed by atoms with Crippen LogP contribution in [0.1, 0.15) is 55.4 Å². The van der Waals surface area contributed by atoms with Crippen LogP contribution < -0.4 is 27.0 Å². The van der Waals surface area contributed by atoms with Crippen molar-refractivity contribution in [3.63, 3.8) is 0 Å². The first-order chi connectivity index (χ1) is 16.1. The van der Waals surface area contributed by atoms with Gasteiger partial charge in [-0.2, -0.15) is 16.4 Å². The third-order valence-corrected chi connectivity index (χ3v) is 13.1. The largest absolute Gasteiger partial charge is 0.498 e. The van der Waals surface area contributed by atoms with Gasteiger partial charge in [0.1, 0.15) is 0 Å². The summed E-state index contributed by atoms with van der Waals surface area (Å²) in [6.07, 6.45) is -2.62. The molecule has 0 saturated heterocycles. The molecule has 0 nitrogen and oxygen atoms in total. The van der Waals surface area contributed by atoms with Gasteiger partial charge in [-0.15, -0.1) is 0 Å². The molecule has 0 unspecified atom stereocenters. The topological polar surface area (TPSA) is 0 Å². The molecule has 0 aliphatic heterocycles. The molecule has 0 heterocycles. The summed E-state index contributed by atoms with van der Waals surface area (Å²) in [4.78, 5) is 0. The quantitative estimate of drug-likeness (QED) is 0.237. The molecule has 3 rings (SSSR count). The van der Waals surface area contributed by atoms with Crippen LogP contribution in [0.3, 0.4) is 0 Å². The fourth-order valence-electron chi connectivity index (χ4n) is 5.67. The van der Waals surface area contributed by atoms with Crippen LogP contribution in [0.2, 0.25) is 0 Å². The smallest absolute Gasteiger partial charge is 0.235 e. The van der Waals surface area contributed by atoms with E-state index in [4.69, 9.17) is 0 Å². The summed E-state index contributed by atoms with van der Waals surface area (Å²) < 4.78 is 18.4. The van der Waals surface area contributed by atoms with E-state index < -0.39 is 22.3 Å². The normalized spacial score (nSPS) is 12.7. The number of rotatable bonds is 9. The maximum absolute atomic E-state index is 18.4. The van der Waals surface area contributed by atoms with Gasteiger partial charge in [-0.3, -0.25) is 0 Å². The summed E-state index contributed by atoms with van der Waals surface area (Å²) in [5.41, 5.74) is 4.52. The molecule has 0 atom stereocenters. The molecule has 4 heteroatoms. The second-order valence-electron chi connectivity index (χ2n) is 10.5. The van der Waals surface area contributed by atoms with E-state index in [2.05, 4.69) is 91.8 Å². The molecule has 0 spiro atoms. The van der Waals surface area contributed by atoms with Crippen molar-refractivity contribution in [3.8, 4) is 0 Å². The van der Waals surface area contributed by atoms with Crippen LogP contribution in [0.15, 0.2) is 78.9 Å². The van der Waals surface area contributed by atoms with E-state index in [-0.39, 0.29) is 0 Å². The minimum absolute atomic E-state index is 0.491. The van der Waals surface area contributed by atoms with E-state index in [1.807, 2.05) is 42.5 Å². The van der Waals surface area contributed by atoms with Crippen molar-refractivity contribution in [2.45, 2.75) is 78.0 Å². The lowest BCUT2D eigenvalue weighted by atomic mass is 9.31. The predicted molar refractivity (Wildman–Crippen MR) is 159 cm³/mol. The molecule has 34 heavy (non-hydrogen) atoms. The number of benzene rings is 3. The molecule has 0 radical (unpaired) electrons. The van der Waals surface area contributed by atoms with Gasteiger partial charge in [0.25, 0.3) is 0 Å². The van der Waals surface area contributed by atoms with Gasteiger partial charge in [-0.05, 0) is 22.6 Å². The Balaban J connectivity index is 2.41. The first kappa shape index (κ1) is 27.1. The van der Waals surface area contributed by atoms with Crippen molar-refractivity contribution < 1.29 is 4.32 Å². The van der Waals surface area contributed by atoms with Crippen LogP contribution >= 0.6 is 15.8 Å². The molecule has 0 aromatic heterocycles. The lowest BCUT2D eigenvalue weighted by Gasteiger charge is -2.43. The first-order valence-electron chi connectivity index (χ1n) is 12.7. The molecule has 0 bridgehead atoms. The molecule has 0 saturated carbocycles. The summed E-state index contributed by atoms with van der Waals surface area (Å²) in [6, 6.07) is 26.8. The molecule has 3 aromatic rings. The third-order valence-electron chi connectivity index (χ3n) is 6.77. The van der Waals surface area contributed by atoms with Gasteiger partial charge in [0.2, 0.25) is 6.42 Å². The van der Waals surface area contributed by atoms with E-state index in [0.717, 1.165) is 16.4 Å². The summed E-state index contributed by atoms with van der Waals surface area (Å²) in [5, 5.41) is 2.45. The number of hydrogen-bond acceptors (Lipinski definition) is 0. The van der Waals surface area contributed by atoms with Crippen molar-refractivity contribution in [1.29, 1.82) is 0 Å². The van der Waals surface area contributed by atoms with Crippen molar-refractivity contribution >= 4 is 49.3 Å². The highest BCUT2D eigenvalue weighted by molar-refractivity contribution is 7.68. The molecule has 182 valence electrons. The molecular weight excluding hydrogens is 452 g/mol. The van der Waals surface area contributed by atoms with E-state index in [1.54, 1.807) is 0 Å². The predicted octanol–water partition coefficient (Wildman–Crippen LogP) is 6.47.